The van der Waals surface area contributed by atoms with Gasteiger partial charge in [-0.15, -0.1) is 0 Å². The van der Waals surface area contributed by atoms with Gasteiger partial charge >= 0.3 is 6.16 Å². The number of hydrogen-bond donors (Lipinski definition) is 4. The monoisotopic (exact) mass is 336 g/mol. The van der Waals surface area contributed by atoms with Crippen molar-refractivity contribution >= 4 is 12.1 Å². The molecule has 9 nitrogen and oxygen atoms in total. The Morgan fingerprint density at radius 1 is 1.30 bits per heavy atom. The Hall–Kier alpha value is -1.42. The molecule has 1 unspecified atom stereocenters. The van der Waals surface area contributed by atoms with Gasteiger partial charge in [-0.25, -0.2) is 4.79 Å². The number of rotatable bonds is 6. The third-order valence-electron chi connectivity index (χ3n) is 3.15. The molecule has 1 rings (SSSR count). The molecule has 1 heterocycles. The Balaban J connectivity index is 2.53. The van der Waals surface area contributed by atoms with Crippen LogP contribution in [-0.2, 0) is 19.0 Å². The molecule has 0 aromatic rings. The van der Waals surface area contributed by atoms with E-state index in [1.165, 1.54) is 0 Å². The highest BCUT2D eigenvalue weighted by Gasteiger charge is 2.45. The van der Waals surface area contributed by atoms with E-state index in [2.05, 4.69) is 5.32 Å². The third kappa shape index (κ3) is 5.94. The van der Waals surface area contributed by atoms with Crippen LogP contribution < -0.4 is 5.32 Å². The molecule has 4 N–H and O–H groups in total. The minimum atomic E-state index is -1.59. The molecule has 0 bridgehead atoms. The van der Waals surface area contributed by atoms with E-state index in [0.29, 0.717) is 6.42 Å². The molecular weight excluding hydrogens is 310 g/mol. The zero-order chi connectivity index (χ0) is 18.3. The Kier molecular flexibility index (Phi) is 7.03. The highest BCUT2D eigenvalue weighted by atomic mass is 16.7. The standard InChI is InChI=1S/C14H25NO8/c1-4-5-9(16)15-10-12(18)11(17)8(23-13(10)19)6-21-14(20)22-7(2)3/h7-8,10-13,17-19H,4-6H2,1-3H3,(H,15,16)/t8-,10-,11-,12-,13?/m1/s1/i1D. The van der Waals surface area contributed by atoms with E-state index < -0.39 is 49.3 Å². The average Bonchev–Trinajstić information content (AvgIpc) is 2.51. The normalized spacial score (nSPS) is 31.4. The predicted molar refractivity (Wildman–Crippen MR) is 77.3 cm³/mol. The number of carbonyl (C=O) groups is 2. The van der Waals surface area contributed by atoms with Crippen molar-refractivity contribution in [1.82, 2.24) is 5.32 Å². The van der Waals surface area contributed by atoms with Gasteiger partial charge in [0.25, 0.3) is 0 Å². The number of carbonyl (C=O) groups excluding carboxylic acids is 2. The lowest BCUT2D eigenvalue weighted by Crippen LogP contribution is -2.64. The molecule has 9 heteroatoms. The van der Waals surface area contributed by atoms with Gasteiger partial charge in [-0.1, -0.05) is 6.90 Å². The van der Waals surface area contributed by atoms with Gasteiger partial charge < -0.3 is 34.8 Å². The van der Waals surface area contributed by atoms with Gasteiger partial charge in [-0.2, -0.15) is 0 Å². The van der Waals surface area contributed by atoms with Gasteiger partial charge in [0.05, 0.1) is 6.10 Å². The lowest BCUT2D eigenvalue weighted by Gasteiger charge is -2.40. The molecule has 1 fully saturated rings. The number of aliphatic hydroxyl groups excluding tert-OH is 3. The van der Waals surface area contributed by atoms with Crippen molar-refractivity contribution in [2.45, 2.75) is 70.3 Å². The van der Waals surface area contributed by atoms with Crippen LogP contribution in [-0.4, -0.2) is 70.7 Å². The SMILES string of the molecule is [2H]CCCC(=O)N[C@H]1C(O)O[C@H](COC(=O)OC(C)C)[C@@H](O)[C@@H]1O. The molecular formula is C14H25NO8. The fraction of sp³-hybridized carbons (Fsp3) is 0.857. The maximum Gasteiger partial charge on any atom is 0.508 e. The molecule has 1 aliphatic rings. The summed E-state index contributed by atoms with van der Waals surface area (Å²) in [6.45, 7) is 2.91. The van der Waals surface area contributed by atoms with Gasteiger partial charge in [-0.05, 0) is 20.3 Å². The van der Waals surface area contributed by atoms with Crippen LogP contribution in [0.3, 0.4) is 0 Å². The van der Waals surface area contributed by atoms with E-state index in [4.69, 9.17) is 15.6 Å². The van der Waals surface area contributed by atoms with E-state index in [1.54, 1.807) is 13.8 Å². The highest BCUT2D eigenvalue weighted by Crippen LogP contribution is 2.20. The van der Waals surface area contributed by atoms with Crippen LogP contribution in [0.25, 0.3) is 0 Å². The molecule has 5 atom stereocenters. The van der Waals surface area contributed by atoms with E-state index in [0.717, 1.165) is 0 Å². The first kappa shape index (κ1) is 17.9. The summed E-state index contributed by atoms with van der Waals surface area (Å²) in [6, 6.07) is -1.22. The van der Waals surface area contributed by atoms with Gasteiger partial charge in [0.15, 0.2) is 6.29 Å². The molecule has 1 aliphatic heterocycles. The lowest BCUT2D eigenvalue weighted by molar-refractivity contribution is -0.254. The fourth-order valence-electron chi connectivity index (χ4n) is 2.04. The molecule has 0 radical (unpaired) electrons. The Morgan fingerprint density at radius 2 is 2.00 bits per heavy atom. The maximum atomic E-state index is 11.6. The van der Waals surface area contributed by atoms with Gasteiger partial charge in [-0.3, -0.25) is 4.79 Å². The molecule has 0 saturated carbocycles. The van der Waals surface area contributed by atoms with Crippen molar-refractivity contribution in [3.8, 4) is 0 Å². The summed E-state index contributed by atoms with van der Waals surface area (Å²) in [5.41, 5.74) is 0. The summed E-state index contributed by atoms with van der Waals surface area (Å²) in [5.74, 6) is -0.476. The molecule has 0 aliphatic carbocycles. The minimum Gasteiger partial charge on any atom is -0.432 e. The number of ether oxygens (including phenoxy) is 3. The van der Waals surface area contributed by atoms with Crippen LogP contribution in [0.1, 0.15) is 35.0 Å². The summed E-state index contributed by atoms with van der Waals surface area (Å²) in [6.07, 6.45) is -6.70. The summed E-state index contributed by atoms with van der Waals surface area (Å²) < 4.78 is 21.6. The minimum absolute atomic E-state index is 0.0586. The molecule has 134 valence electrons. The molecule has 0 aromatic carbocycles. The van der Waals surface area contributed by atoms with E-state index in [-0.39, 0.29) is 19.4 Å². The van der Waals surface area contributed by atoms with Gasteiger partial charge in [0.2, 0.25) is 5.91 Å². The van der Waals surface area contributed by atoms with Crippen molar-refractivity contribution in [2.75, 3.05) is 6.61 Å². The number of hydrogen-bond acceptors (Lipinski definition) is 8. The Labute approximate surface area is 135 Å². The zero-order valence-corrected chi connectivity index (χ0v) is 13.2. The van der Waals surface area contributed by atoms with Gasteiger partial charge in [0, 0.05) is 7.79 Å². The summed E-state index contributed by atoms with van der Waals surface area (Å²) in [5, 5.41) is 32.3. The Bertz CT molecular complexity index is 422. The van der Waals surface area contributed by atoms with Crippen LogP contribution in [0.2, 0.25) is 0 Å². The van der Waals surface area contributed by atoms with E-state index in [1.807, 2.05) is 0 Å². The summed E-state index contributed by atoms with van der Waals surface area (Å²) >= 11 is 0. The average molecular weight is 336 g/mol. The van der Waals surface area contributed by atoms with Crippen molar-refractivity contribution < 1.29 is 40.5 Å². The largest absolute Gasteiger partial charge is 0.508 e. The van der Waals surface area contributed by atoms with Crippen molar-refractivity contribution in [1.29, 1.82) is 0 Å². The molecule has 1 saturated heterocycles. The van der Waals surface area contributed by atoms with E-state index >= 15 is 0 Å². The number of amides is 1. The molecule has 0 spiro atoms. The van der Waals surface area contributed by atoms with Gasteiger partial charge in [0.1, 0.15) is 31.0 Å². The predicted octanol–water partition coefficient (Wildman–Crippen LogP) is -0.728. The third-order valence-corrected chi connectivity index (χ3v) is 3.15. The smallest absolute Gasteiger partial charge is 0.432 e. The van der Waals surface area contributed by atoms with Crippen LogP contribution in [0.4, 0.5) is 4.79 Å². The second-order valence-electron chi connectivity index (χ2n) is 5.47. The van der Waals surface area contributed by atoms with Crippen LogP contribution in [0.5, 0.6) is 0 Å². The number of aliphatic hydroxyl groups is 3. The topological polar surface area (TPSA) is 135 Å². The molecule has 0 aromatic heterocycles. The van der Waals surface area contributed by atoms with Crippen LogP contribution >= 0.6 is 0 Å². The number of nitrogens with one attached hydrogen (secondary N) is 1. The first-order valence-corrected chi connectivity index (χ1v) is 7.38. The van der Waals surface area contributed by atoms with Crippen molar-refractivity contribution in [2.24, 2.45) is 0 Å². The molecule has 23 heavy (non-hydrogen) atoms. The second kappa shape index (κ2) is 9.02. The zero-order valence-electron chi connectivity index (χ0n) is 14.2. The maximum absolute atomic E-state index is 11.6. The quantitative estimate of drug-likeness (QED) is 0.466. The summed E-state index contributed by atoms with van der Waals surface area (Å²) in [4.78, 5) is 22.9. The van der Waals surface area contributed by atoms with Crippen molar-refractivity contribution in [3.63, 3.8) is 0 Å². The Morgan fingerprint density at radius 3 is 2.61 bits per heavy atom. The highest BCUT2D eigenvalue weighted by molar-refractivity contribution is 5.76. The van der Waals surface area contributed by atoms with E-state index in [9.17, 15) is 24.9 Å². The van der Waals surface area contributed by atoms with Crippen LogP contribution in [0.15, 0.2) is 0 Å². The first-order chi connectivity index (χ1) is 11.3. The van der Waals surface area contributed by atoms with Crippen molar-refractivity contribution in [3.05, 3.63) is 0 Å². The second-order valence-corrected chi connectivity index (χ2v) is 5.47. The van der Waals surface area contributed by atoms with Crippen LogP contribution in [0, 0.1) is 0 Å². The summed E-state index contributed by atoms with van der Waals surface area (Å²) in [7, 11) is 0. The lowest BCUT2D eigenvalue weighted by atomic mass is 9.97. The fourth-order valence-corrected chi connectivity index (χ4v) is 2.04. The first-order valence-electron chi connectivity index (χ1n) is 8.08. The molecule has 1 amide bonds.